The summed E-state index contributed by atoms with van der Waals surface area (Å²) >= 11 is 0. The van der Waals surface area contributed by atoms with Crippen molar-refractivity contribution in [1.82, 2.24) is 29.7 Å². The Bertz CT molecular complexity index is 1050. The van der Waals surface area contributed by atoms with Crippen LogP contribution in [0.15, 0.2) is 48.9 Å². The number of hydrogen-bond acceptors (Lipinski definition) is 5. The first-order chi connectivity index (χ1) is 12.6. The number of hydrogen-bond donors (Lipinski definition) is 2. The van der Waals surface area contributed by atoms with Crippen molar-refractivity contribution in [3.8, 4) is 11.5 Å². The van der Waals surface area contributed by atoms with Crippen LogP contribution < -0.4 is 5.32 Å². The van der Waals surface area contributed by atoms with Gasteiger partial charge < -0.3 is 14.9 Å². The Morgan fingerprint density at radius 1 is 1.23 bits per heavy atom. The van der Waals surface area contributed by atoms with Crippen molar-refractivity contribution in [3.63, 3.8) is 0 Å². The van der Waals surface area contributed by atoms with E-state index >= 15 is 0 Å². The predicted octanol–water partition coefficient (Wildman–Crippen LogP) is 3.05. The number of nitrogens with one attached hydrogen (secondary N) is 2. The molecule has 8 heteroatoms. The van der Waals surface area contributed by atoms with Gasteiger partial charge in [0.2, 0.25) is 0 Å². The zero-order valence-electron chi connectivity index (χ0n) is 14.3. The normalized spacial score (nSPS) is 11.2. The topological polar surface area (TPSA) is 101 Å². The molecular weight excluding hydrogens is 330 g/mol. The van der Waals surface area contributed by atoms with E-state index in [0.717, 1.165) is 5.39 Å². The highest BCUT2D eigenvalue weighted by Gasteiger charge is 2.14. The summed E-state index contributed by atoms with van der Waals surface area (Å²) in [6.45, 7) is 4.09. The molecule has 0 saturated carbocycles. The molecule has 4 aromatic heterocycles. The molecule has 4 rings (SSSR count). The molecule has 1 amide bonds. The van der Waals surface area contributed by atoms with E-state index in [4.69, 9.17) is 0 Å². The van der Waals surface area contributed by atoms with Crippen molar-refractivity contribution in [1.29, 1.82) is 0 Å². The maximum absolute atomic E-state index is 12.5. The largest absolute Gasteiger partial charge is 0.335 e. The molecule has 2 N–H and O–H groups in total. The number of amides is 1. The summed E-state index contributed by atoms with van der Waals surface area (Å²) in [7, 11) is 0. The molecule has 130 valence electrons. The third-order valence-corrected chi connectivity index (χ3v) is 3.99. The van der Waals surface area contributed by atoms with Crippen LogP contribution in [0, 0.1) is 0 Å². The van der Waals surface area contributed by atoms with Crippen LogP contribution in [-0.4, -0.2) is 35.6 Å². The summed E-state index contributed by atoms with van der Waals surface area (Å²) in [6.07, 6.45) is 3.35. The highest BCUT2D eigenvalue weighted by Crippen LogP contribution is 2.20. The number of H-pyrrole nitrogens is 1. The van der Waals surface area contributed by atoms with Crippen molar-refractivity contribution in [2.45, 2.75) is 19.9 Å². The van der Waals surface area contributed by atoms with Crippen LogP contribution in [0.2, 0.25) is 0 Å². The molecule has 0 unspecified atom stereocenters. The number of anilines is 1. The lowest BCUT2D eigenvalue weighted by atomic mass is 10.3. The van der Waals surface area contributed by atoms with Gasteiger partial charge in [0, 0.05) is 17.6 Å². The lowest BCUT2D eigenvalue weighted by Gasteiger charge is -2.10. The SMILES string of the molecule is CC(C)n1cnnc1-c1cccc(NC(=O)c2cc3cccnc3[nH]2)n1. The summed E-state index contributed by atoms with van der Waals surface area (Å²) in [5, 5.41) is 11.8. The molecule has 26 heavy (non-hydrogen) atoms. The molecule has 0 atom stereocenters. The lowest BCUT2D eigenvalue weighted by molar-refractivity contribution is 0.102. The van der Waals surface area contributed by atoms with Crippen molar-refractivity contribution < 1.29 is 4.79 Å². The maximum atomic E-state index is 12.5. The van der Waals surface area contributed by atoms with Gasteiger partial charge in [-0.2, -0.15) is 0 Å². The van der Waals surface area contributed by atoms with E-state index in [9.17, 15) is 4.79 Å². The Morgan fingerprint density at radius 3 is 2.92 bits per heavy atom. The van der Waals surface area contributed by atoms with Gasteiger partial charge in [0.05, 0.1) is 0 Å². The van der Waals surface area contributed by atoms with Crippen LogP contribution in [0.4, 0.5) is 5.82 Å². The van der Waals surface area contributed by atoms with E-state index in [-0.39, 0.29) is 11.9 Å². The number of carbonyl (C=O) groups excluding carboxylic acids is 1. The number of aromatic nitrogens is 6. The van der Waals surface area contributed by atoms with Crippen LogP contribution >= 0.6 is 0 Å². The van der Waals surface area contributed by atoms with Crippen LogP contribution in [0.1, 0.15) is 30.4 Å². The van der Waals surface area contributed by atoms with E-state index in [2.05, 4.69) is 30.5 Å². The van der Waals surface area contributed by atoms with E-state index in [1.807, 2.05) is 42.7 Å². The maximum Gasteiger partial charge on any atom is 0.273 e. The number of fused-ring (bicyclic) bond motifs is 1. The van der Waals surface area contributed by atoms with Gasteiger partial charge in [-0.25, -0.2) is 9.97 Å². The Hall–Kier alpha value is -3.55. The molecule has 0 spiro atoms. The van der Waals surface area contributed by atoms with Gasteiger partial charge in [-0.3, -0.25) is 4.79 Å². The Kier molecular flexibility index (Phi) is 3.92. The summed E-state index contributed by atoms with van der Waals surface area (Å²) in [5.74, 6) is 0.821. The van der Waals surface area contributed by atoms with E-state index < -0.39 is 0 Å². The number of aromatic amines is 1. The van der Waals surface area contributed by atoms with Crippen LogP contribution in [0.25, 0.3) is 22.6 Å². The van der Waals surface area contributed by atoms with Gasteiger partial charge in [-0.05, 0) is 44.2 Å². The van der Waals surface area contributed by atoms with E-state index in [1.165, 1.54) is 0 Å². The van der Waals surface area contributed by atoms with Crippen LogP contribution in [0.3, 0.4) is 0 Å². The summed E-state index contributed by atoms with van der Waals surface area (Å²) in [5.41, 5.74) is 1.74. The van der Waals surface area contributed by atoms with Gasteiger partial charge in [-0.1, -0.05) is 6.07 Å². The summed E-state index contributed by atoms with van der Waals surface area (Å²) < 4.78 is 1.93. The first-order valence-corrected chi connectivity index (χ1v) is 8.24. The molecule has 0 aliphatic carbocycles. The highest BCUT2D eigenvalue weighted by molar-refractivity contribution is 6.05. The molecule has 4 aromatic rings. The van der Waals surface area contributed by atoms with Crippen LogP contribution in [-0.2, 0) is 0 Å². The monoisotopic (exact) mass is 347 g/mol. The minimum absolute atomic E-state index is 0.207. The first-order valence-electron chi connectivity index (χ1n) is 8.24. The first kappa shape index (κ1) is 15.9. The molecular formula is C18H17N7O. The lowest BCUT2D eigenvalue weighted by Crippen LogP contribution is -2.13. The zero-order valence-corrected chi connectivity index (χ0v) is 14.3. The second-order valence-electron chi connectivity index (χ2n) is 6.14. The van der Waals surface area contributed by atoms with Gasteiger partial charge in [0.1, 0.15) is 29.2 Å². The number of rotatable bonds is 4. The Morgan fingerprint density at radius 2 is 2.12 bits per heavy atom. The molecule has 0 aromatic carbocycles. The second kappa shape index (κ2) is 6.40. The molecule has 0 fully saturated rings. The third kappa shape index (κ3) is 2.92. The molecule has 0 aliphatic heterocycles. The van der Waals surface area contributed by atoms with E-state index in [1.54, 1.807) is 24.7 Å². The highest BCUT2D eigenvalue weighted by atomic mass is 16.1. The van der Waals surface area contributed by atoms with Crippen molar-refractivity contribution in [2.24, 2.45) is 0 Å². The third-order valence-electron chi connectivity index (χ3n) is 3.99. The molecule has 0 saturated heterocycles. The summed E-state index contributed by atoms with van der Waals surface area (Å²) in [4.78, 5) is 24.2. The fraction of sp³-hybridized carbons (Fsp3) is 0.167. The zero-order chi connectivity index (χ0) is 18.1. The van der Waals surface area contributed by atoms with Crippen molar-refractivity contribution in [3.05, 3.63) is 54.6 Å². The smallest absolute Gasteiger partial charge is 0.273 e. The fourth-order valence-corrected chi connectivity index (χ4v) is 2.70. The molecule has 8 nitrogen and oxygen atoms in total. The van der Waals surface area contributed by atoms with Gasteiger partial charge >= 0.3 is 0 Å². The average molecular weight is 347 g/mol. The average Bonchev–Trinajstić information content (AvgIpc) is 3.29. The standard InChI is InChI=1S/C18H17N7O/c1-11(2)25-10-20-24-17(25)13-6-3-7-15(21-13)23-18(26)14-9-12-5-4-8-19-16(12)22-14/h3-11H,1-2H3,(H,19,22)(H,21,23,26). The minimum Gasteiger partial charge on any atom is -0.335 e. The number of pyridine rings is 2. The van der Waals surface area contributed by atoms with Crippen LogP contribution in [0.5, 0.6) is 0 Å². The second-order valence-corrected chi connectivity index (χ2v) is 6.14. The molecule has 0 aliphatic rings. The quantitative estimate of drug-likeness (QED) is 0.591. The van der Waals surface area contributed by atoms with E-state index in [0.29, 0.717) is 28.7 Å². The molecule has 4 heterocycles. The Labute approximate surface area is 149 Å². The summed E-state index contributed by atoms with van der Waals surface area (Å²) in [6, 6.07) is 11.1. The van der Waals surface area contributed by atoms with Crippen molar-refractivity contribution in [2.75, 3.05) is 5.32 Å². The minimum atomic E-state index is -0.280. The predicted molar refractivity (Wildman–Crippen MR) is 97.7 cm³/mol. The van der Waals surface area contributed by atoms with Gasteiger partial charge in [-0.15, -0.1) is 10.2 Å². The number of nitrogens with zero attached hydrogens (tertiary/aromatic N) is 5. The number of carbonyl (C=O) groups is 1. The van der Waals surface area contributed by atoms with Gasteiger partial charge in [0.25, 0.3) is 5.91 Å². The molecule has 0 radical (unpaired) electrons. The fourth-order valence-electron chi connectivity index (χ4n) is 2.70. The Balaban J connectivity index is 1.60. The van der Waals surface area contributed by atoms with Gasteiger partial charge in [0.15, 0.2) is 5.82 Å². The van der Waals surface area contributed by atoms with Crippen molar-refractivity contribution >= 4 is 22.8 Å². The molecule has 0 bridgehead atoms.